The fourth-order valence-corrected chi connectivity index (χ4v) is 2.95. The van der Waals surface area contributed by atoms with E-state index >= 15 is 0 Å². The number of hydrogen-bond acceptors (Lipinski definition) is 1. The van der Waals surface area contributed by atoms with Crippen molar-refractivity contribution in [2.45, 2.75) is 123 Å². The molecule has 0 bridgehead atoms. The first-order valence-corrected chi connectivity index (χ1v) is 9.41. The highest BCUT2D eigenvalue weighted by molar-refractivity contribution is 4.76. The summed E-state index contributed by atoms with van der Waals surface area (Å²) in [5.74, 6) is 0. The largest absolute Gasteiger partial charge is 0.390 e. The first-order chi connectivity index (χ1) is 9.68. The molecule has 0 aromatic rings. The molecule has 0 unspecified atom stereocenters. The summed E-state index contributed by atoms with van der Waals surface area (Å²) in [5, 5.41) is 10.6. The summed E-state index contributed by atoms with van der Waals surface area (Å²) in [6.45, 7) is 6.67. The first-order valence-electron chi connectivity index (χ1n) is 9.41. The van der Waals surface area contributed by atoms with Crippen molar-refractivity contribution in [2.75, 3.05) is 0 Å². The minimum absolute atomic E-state index is 0.366. The van der Waals surface area contributed by atoms with Crippen LogP contribution in [0.4, 0.5) is 0 Å². The van der Waals surface area contributed by atoms with Gasteiger partial charge in [-0.15, -0.1) is 0 Å². The maximum Gasteiger partial charge on any atom is 0.0645 e. The van der Waals surface area contributed by atoms with E-state index < -0.39 is 0 Å². The van der Waals surface area contributed by atoms with Crippen molar-refractivity contribution in [3.8, 4) is 0 Å². The summed E-state index contributed by atoms with van der Waals surface area (Å²) < 4.78 is 0. The van der Waals surface area contributed by atoms with Crippen molar-refractivity contribution < 1.29 is 5.11 Å². The highest BCUT2D eigenvalue weighted by Gasteiger charge is 2.22. The molecule has 122 valence electrons. The van der Waals surface area contributed by atoms with Crippen LogP contribution in [-0.2, 0) is 0 Å². The minimum atomic E-state index is -0.366. The van der Waals surface area contributed by atoms with Crippen LogP contribution in [-0.4, -0.2) is 10.7 Å². The van der Waals surface area contributed by atoms with Crippen LogP contribution < -0.4 is 0 Å². The molecule has 0 aliphatic carbocycles. The third kappa shape index (κ3) is 11.8. The monoisotopic (exact) mass is 284 g/mol. The zero-order chi connectivity index (χ0) is 15.1. The summed E-state index contributed by atoms with van der Waals surface area (Å²) in [4.78, 5) is 0. The predicted molar refractivity (Wildman–Crippen MR) is 91.2 cm³/mol. The molecule has 0 aromatic heterocycles. The van der Waals surface area contributed by atoms with Gasteiger partial charge in [-0.2, -0.15) is 0 Å². The highest BCUT2D eigenvalue weighted by Crippen LogP contribution is 2.26. The van der Waals surface area contributed by atoms with E-state index in [1.54, 1.807) is 0 Å². The average Bonchev–Trinajstić information content (AvgIpc) is 2.46. The molecule has 0 heterocycles. The fourth-order valence-electron chi connectivity index (χ4n) is 2.95. The fraction of sp³-hybridized carbons (Fsp3) is 1.00. The lowest BCUT2D eigenvalue weighted by Crippen LogP contribution is -2.27. The van der Waals surface area contributed by atoms with Crippen LogP contribution in [0.15, 0.2) is 0 Å². The number of aliphatic hydroxyl groups is 1. The van der Waals surface area contributed by atoms with Gasteiger partial charge < -0.3 is 5.11 Å². The second kappa shape index (κ2) is 13.9. The summed E-state index contributed by atoms with van der Waals surface area (Å²) >= 11 is 0. The topological polar surface area (TPSA) is 20.2 Å². The van der Waals surface area contributed by atoms with Gasteiger partial charge in [0.15, 0.2) is 0 Å². The van der Waals surface area contributed by atoms with Gasteiger partial charge in [-0.05, 0) is 19.3 Å². The Bertz CT molecular complexity index is 172. The van der Waals surface area contributed by atoms with Gasteiger partial charge in [0, 0.05) is 0 Å². The molecule has 0 aromatic carbocycles. The standard InChI is InChI=1S/C19H40O/c1-4-7-9-11-13-15-17-19(20,6-3)18-16-14-12-10-8-5-2/h20H,4-18H2,1-3H3. The Balaban J connectivity index is 3.57. The van der Waals surface area contributed by atoms with E-state index in [1.807, 2.05) is 0 Å². The normalized spacial score (nSPS) is 12.0. The minimum Gasteiger partial charge on any atom is -0.390 e. The van der Waals surface area contributed by atoms with Crippen molar-refractivity contribution in [1.82, 2.24) is 0 Å². The highest BCUT2D eigenvalue weighted by atomic mass is 16.3. The molecule has 0 radical (unpaired) electrons. The van der Waals surface area contributed by atoms with Gasteiger partial charge in [-0.25, -0.2) is 0 Å². The summed E-state index contributed by atoms with van der Waals surface area (Å²) in [7, 11) is 0. The number of hydrogen-bond donors (Lipinski definition) is 1. The Morgan fingerprint density at radius 2 is 0.900 bits per heavy atom. The summed E-state index contributed by atoms with van der Waals surface area (Å²) in [6.07, 6.45) is 18.8. The van der Waals surface area contributed by atoms with Crippen LogP contribution in [0.25, 0.3) is 0 Å². The second-order valence-corrected chi connectivity index (χ2v) is 6.61. The Morgan fingerprint density at radius 1 is 0.550 bits per heavy atom. The molecule has 0 atom stereocenters. The van der Waals surface area contributed by atoms with Gasteiger partial charge >= 0.3 is 0 Å². The van der Waals surface area contributed by atoms with E-state index in [0.717, 1.165) is 19.3 Å². The Hall–Kier alpha value is -0.0400. The Morgan fingerprint density at radius 3 is 1.25 bits per heavy atom. The van der Waals surface area contributed by atoms with Crippen LogP contribution in [0, 0.1) is 0 Å². The molecule has 0 saturated carbocycles. The van der Waals surface area contributed by atoms with Crippen LogP contribution in [0.3, 0.4) is 0 Å². The Labute approximate surface area is 128 Å². The molecule has 1 nitrogen and oxygen atoms in total. The first kappa shape index (κ1) is 20.0. The third-order valence-corrected chi connectivity index (χ3v) is 4.65. The summed E-state index contributed by atoms with van der Waals surface area (Å²) in [6, 6.07) is 0. The number of rotatable bonds is 15. The average molecular weight is 285 g/mol. The maximum atomic E-state index is 10.6. The van der Waals surface area contributed by atoms with E-state index in [1.165, 1.54) is 77.0 Å². The van der Waals surface area contributed by atoms with Crippen LogP contribution in [0.5, 0.6) is 0 Å². The van der Waals surface area contributed by atoms with Crippen molar-refractivity contribution in [1.29, 1.82) is 0 Å². The van der Waals surface area contributed by atoms with Crippen molar-refractivity contribution in [2.24, 2.45) is 0 Å². The lowest BCUT2D eigenvalue weighted by atomic mass is 9.87. The zero-order valence-electron chi connectivity index (χ0n) is 14.6. The van der Waals surface area contributed by atoms with E-state index in [0.29, 0.717) is 0 Å². The molecule has 0 fully saturated rings. The Kier molecular flexibility index (Phi) is 13.9. The van der Waals surface area contributed by atoms with Crippen molar-refractivity contribution in [3.05, 3.63) is 0 Å². The molecule has 0 rings (SSSR count). The predicted octanol–water partition coefficient (Wildman–Crippen LogP) is 6.63. The van der Waals surface area contributed by atoms with Gasteiger partial charge in [0.1, 0.15) is 0 Å². The molecule has 0 amide bonds. The molecule has 0 aliphatic rings. The summed E-state index contributed by atoms with van der Waals surface area (Å²) in [5.41, 5.74) is -0.366. The number of unbranched alkanes of at least 4 members (excludes halogenated alkanes) is 10. The molecular weight excluding hydrogens is 244 g/mol. The van der Waals surface area contributed by atoms with Gasteiger partial charge in [0.2, 0.25) is 0 Å². The molecular formula is C19H40O. The zero-order valence-corrected chi connectivity index (χ0v) is 14.6. The maximum absolute atomic E-state index is 10.6. The molecule has 1 N–H and O–H groups in total. The SMILES string of the molecule is CCCCCCCCC(O)(CC)CCCCCCCC. The van der Waals surface area contributed by atoms with E-state index in [4.69, 9.17) is 0 Å². The quantitative estimate of drug-likeness (QED) is 0.335. The molecule has 20 heavy (non-hydrogen) atoms. The lowest BCUT2D eigenvalue weighted by Gasteiger charge is -2.27. The van der Waals surface area contributed by atoms with Gasteiger partial charge in [-0.1, -0.05) is 97.8 Å². The second-order valence-electron chi connectivity index (χ2n) is 6.61. The molecule has 0 saturated heterocycles. The van der Waals surface area contributed by atoms with Crippen molar-refractivity contribution >= 4 is 0 Å². The lowest BCUT2D eigenvalue weighted by molar-refractivity contribution is 0.0140. The van der Waals surface area contributed by atoms with Crippen LogP contribution in [0.1, 0.15) is 117 Å². The van der Waals surface area contributed by atoms with Crippen LogP contribution in [0.2, 0.25) is 0 Å². The smallest absolute Gasteiger partial charge is 0.0645 e. The van der Waals surface area contributed by atoms with Crippen molar-refractivity contribution in [3.63, 3.8) is 0 Å². The van der Waals surface area contributed by atoms with Gasteiger partial charge in [-0.3, -0.25) is 0 Å². The van der Waals surface area contributed by atoms with Gasteiger partial charge in [0.25, 0.3) is 0 Å². The molecule has 0 aliphatic heterocycles. The van der Waals surface area contributed by atoms with Gasteiger partial charge in [0.05, 0.1) is 5.60 Å². The van der Waals surface area contributed by atoms with Crippen LogP contribution >= 0.6 is 0 Å². The van der Waals surface area contributed by atoms with E-state index in [9.17, 15) is 5.11 Å². The van der Waals surface area contributed by atoms with E-state index in [-0.39, 0.29) is 5.60 Å². The third-order valence-electron chi connectivity index (χ3n) is 4.65. The van der Waals surface area contributed by atoms with E-state index in [2.05, 4.69) is 20.8 Å². The molecule has 0 spiro atoms. The molecule has 1 heteroatoms.